The van der Waals surface area contributed by atoms with Crippen molar-refractivity contribution in [3.8, 4) is 0 Å². The molecule has 28 heavy (non-hydrogen) atoms. The first-order valence-corrected chi connectivity index (χ1v) is 11.7. The van der Waals surface area contributed by atoms with Crippen molar-refractivity contribution in [3.05, 3.63) is 63.7 Å². The van der Waals surface area contributed by atoms with Gasteiger partial charge in [-0.15, -0.1) is 5.10 Å². The second-order valence-corrected chi connectivity index (χ2v) is 10.1. The first-order chi connectivity index (χ1) is 13.4. The molecule has 0 amide bonds. The summed E-state index contributed by atoms with van der Waals surface area (Å²) in [4.78, 5) is 13.0. The van der Waals surface area contributed by atoms with Gasteiger partial charge in [-0.25, -0.2) is 22.3 Å². The standard InChI is InChI=1S/C19H22N4O3S2/c1-14-3-4-15(2)16(11-14)12-23-19(24)22-13-17(5-6-18(22)20-23)28(25,26)21-7-9-27-10-8-21/h3-6,11,13H,7-10,12H2,1-2H3. The number of aromatic nitrogens is 3. The molecule has 2 aromatic heterocycles. The van der Waals surface area contributed by atoms with E-state index in [-0.39, 0.29) is 10.6 Å². The molecule has 148 valence electrons. The Morgan fingerprint density at radius 1 is 1.11 bits per heavy atom. The molecule has 0 aliphatic carbocycles. The summed E-state index contributed by atoms with van der Waals surface area (Å²) in [7, 11) is -3.61. The molecule has 1 fully saturated rings. The van der Waals surface area contributed by atoms with Gasteiger partial charge in [0.25, 0.3) is 0 Å². The van der Waals surface area contributed by atoms with Crippen molar-refractivity contribution in [1.82, 2.24) is 18.5 Å². The van der Waals surface area contributed by atoms with E-state index in [2.05, 4.69) is 5.10 Å². The lowest BCUT2D eigenvalue weighted by Crippen LogP contribution is -2.38. The van der Waals surface area contributed by atoms with Crippen molar-refractivity contribution in [1.29, 1.82) is 0 Å². The Hall–Kier alpha value is -2.10. The number of hydrogen-bond acceptors (Lipinski definition) is 5. The number of hydrogen-bond donors (Lipinski definition) is 0. The zero-order valence-corrected chi connectivity index (χ0v) is 17.5. The number of rotatable bonds is 4. The summed E-state index contributed by atoms with van der Waals surface area (Å²) >= 11 is 1.75. The van der Waals surface area contributed by atoms with Crippen molar-refractivity contribution in [2.75, 3.05) is 24.6 Å². The summed E-state index contributed by atoms with van der Waals surface area (Å²) in [6.45, 7) is 5.33. The third-order valence-corrected chi connectivity index (χ3v) is 7.81. The normalized spacial score (nSPS) is 15.9. The summed E-state index contributed by atoms with van der Waals surface area (Å²) in [6.07, 6.45) is 1.39. The molecule has 4 rings (SSSR count). The van der Waals surface area contributed by atoms with Gasteiger partial charge in [0.2, 0.25) is 10.0 Å². The molecule has 0 saturated carbocycles. The highest BCUT2D eigenvalue weighted by atomic mass is 32.2. The summed E-state index contributed by atoms with van der Waals surface area (Å²) in [5, 5.41) is 4.37. The molecule has 3 heterocycles. The quantitative estimate of drug-likeness (QED) is 0.647. The fourth-order valence-corrected chi connectivity index (χ4v) is 5.90. The number of nitrogens with zero attached hydrogens (tertiary/aromatic N) is 4. The van der Waals surface area contributed by atoms with Crippen LogP contribution in [0.5, 0.6) is 0 Å². The summed E-state index contributed by atoms with van der Waals surface area (Å²) in [5.74, 6) is 1.57. The molecule has 1 aliphatic heterocycles. The van der Waals surface area contributed by atoms with Crippen LogP contribution in [0.2, 0.25) is 0 Å². The van der Waals surface area contributed by atoms with Crippen LogP contribution in [0.25, 0.3) is 5.65 Å². The minimum absolute atomic E-state index is 0.125. The van der Waals surface area contributed by atoms with Crippen LogP contribution < -0.4 is 5.69 Å². The van der Waals surface area contributed by atoms with Crippen molar-refractivity contribution in [2.24, 2.45) is 0 Å². The lowest BCUT2D eigenvalue weighted by molar-refractivity contribution is 0.443. The maximum atomic E-state index is 12.9. The van der Waals surface area contributed by atoms with Crippen LogP contribution in [-0.2, 0) is 16.6 Å². The molecule has 7 nitrogen and oxygen atoms in total. The zero-order valence-electron chi connectivity index (χ0n) is 15.8. The minimum atomic E-state index is -3.61. The number of pyridine rings is 1. The van der Waals surface area contributed by atoms with E-state index in [9.17, 15) is 13.2 Å². The Morgan fingerprint density at radius 2 is 1.86 bits per heavy atom. The molecule has 0 N–H and O–H groups in total. The van der Waals surface area contributed by atoms with E-state index in [4.69, 9.17) is 0 Å². The molecule has 1 aromatic carbocycles. The van der Waals surface area contributed by atoms with Crippen molar-refractivity contribution in [2.45, 2.75) is 25.3 Å². The Balaban J connectivity index is 1.72. The third-order valence-electron chi connectivity index (χ3n) is 4.98. The molecule has 0 radical (unpaired) electrons. The molecule has 0 bridgehead atoms. The maximum absolute atomic E-state index is 12.9. The Morgan fingerprint density at radius 3 is 2.61 bits per heavy atom. The van der Waals surface area contributed by atoms with Gasteiger partial charge in [-0.1, -0.05) is 23.8 Å². The third kappa shape index (κ3) is 3.49. The lowest BCUT2D eigenvalue weighted by Gasteiger charge is -2.25. The molecule has 0 atom stereocenters. The van der Waals surface area contributed by atoms with Gasteiger partial charge in [-0.2, -0.15) is 16.1 Å². The number of benzene rings is 1. The van der Waals surface area contributed by atoms with E-state index in [0.29, 0.717) is 25.3 Å². The smallest absolute Gasteiger partial charge is 0.249 e. The average molecular weight is 419 g/mol. The van der Waals surface area contributed by atoms with E-state index in [1.54, 1.807) is 17.8 Å². The van der Waals surface area contributed by atoms with E-state index in [1.807, 2.05) is 32.0 Å². The average Bonchev–Trinajstić information content (AvgIpc) is 3.00. The predicted octanol–water partition coefficient (Wildman–Crippen LogP) is 1.90. The largest absolute Gasteiger partial charge is 0.350 e. The fraction of sp³-hybridized carbons (Fsp3) is 0.368. The first-order valence-electron chi connectivity index (χ1n) is 9.09. The van der Waals surface area contributed by atoms with Gasteiger partial charge in [0.15, 0.2) is 5.65 Å². The Kier molecular flexibility index (Phi) is 5.07. The molecular formula is C19H22N4O3S2. The van der Waals surface area contributed by atoms with Crippen LogP contribution in [0.15, 0.2) is 46.2 Å². The van der Waals surface area contributed by atoms with Crippen molar-refractivity contribution >= 4 is 27.4 Å². The Labute approximate surface area is 168 Å². The molecule has 1 aliphatic rings. The first kappa shape index (κ1) is 19.2. The SMILES string of the molecule is Cc1ccc(C)c(Cn2nc3ccc(S(=O)(=O)N4CCSCC4)cn3c2=O)c1. The second-order valence-electron chi connectivity index (χ2n) is 6.98. The van der Waals surface area contributed by atoms with Crippen LogP contribution >= 0.6 is 11.8 Å². The van der Waals surface area contributed by atoms with Crippen LogP contribution in [-0.4, -0.2) is 51.5 Å². The van der Waals surface area contributed by atoms with Gasteiger partial charge in [0.05, 0.1) is 11.4 Å². The van der Waals surface area contributed by atoms with Crippen LogP contribution in [0, 0.1) is 13.8 Å². The van der Waals surface area contributed by atoms with Crippen molar-refractivity contribution < 1.29 is 8.42 Å². The van der Waals surface area contributed by atoms with Crippen molar-refractivity contribution in [3.63, 3.8) is 0 Å². The van der Waals surface area contributed by atoms with E-state index >= 15 is 0 Å². The van der Waals surface area contributed by atoms with Gasteiger partial charge in [0.1, 0.15) is 0 Å². The number of sulfonamides is 1. The summed E-state index contributed by atoms with van der Waals surface area (Å²) < 4.78 is 30.0. The monoisotopic (exact) mass is 418 g/mol. The maximum Gasteiger partial charge on any atom is 0.350 e. The fourth-order valence-electron chi connectivity index (χ4n) is 3.32. The van der Waals surface area contributed by atoms with E-state index in [0.717, 1.165) is 28.2 Å². The summed E-state index contributed by atoms with van der Waals surface area (Å²) in [6, 6.07) is 9.21. The molecule has 0 unspecified atom stereocenters. The highest BCUT2D eigenvalue weighted by molar-refractivity contribution is 7.99. The van der Waals surface area contributed by atoms with E-state index in [1.165, 1.54) is 25.7 Å². The van der Waals surface area contributed by atoms with Gasteiger partial charge in [-0.3, -0.25) is 0 Å². The molecule has 1 saturated heterocycles. The van der Waals surface area contributed by atoms with Crippen LogP contribution in [0.1, 0.15) is 16.7 Å². The summed E-state index contributed by atoms with van der Waals surface area (Å²) in [5.41, 5.74) is 3.31. The molecular weight excluding hydrogens is 396 g/mol. The number of fused-ring (bicyclic) bond motifs is 1. The molecule has 0 spiro atoms. The van der Waals surface area contributed by atoms with Gasteiger partial charge >= 0.3 is 5.69 Å². The van der Waals surface area contributed by atoms with E-state index < -0.39 is 10.0 Å². The van der Waals surface area contributed by atoms with Gasteiger partial charge in [0, 0.05) is 30.8 Å². The zero-order chi connectivity index (χ0) is 19.9. The predicted molar refractivity (Wildman–Crippen MR) is 111 cm³/mol. The minimum Gasteiger partial charge on any atom is -0.249 e. The van der Waals surface area contributed by atoms with Crippen LogP contribution in [0.4, 0.5) is 0 Å². The van der Waals surface area contributed by atoms with Gasteiger partial charge < -0.3 is 0 Å². The highest BCUT2D eigenvalue weighted by Gasteiger charge is 2.27. The van der Waals surface area contributed by atoms with Crippen LogP contribution in [0.3, 0.4) is 0 Å². The number of thioether (sulfide) groups is 1. The topological polar surface area (TPSA) is 76.7 Å². The molecule has 9 heteroatoms. The second kappa shape index (κ2) is 7.38. The van der Waals surface area contributed by atoms with Gasteiger partial charge in [-0.05, 0) is 37.1 Å². The highest BCUT2D eigenvalue weighted by Crippen LogP contribution is 2.20. The molecule has 3 aromatic rings. The lowest BCUT2D eigenvalue weighted by atomic mass is 10.1. The number of aryl methyl sites for hydroxylation is 2. The Bertz CT molecular complexity index is 1190.